The second-order valence-corrected chi connectivity index (χ2v) is 6.65. The molecule has 0 aromatic rings. The SMILES string of the molecule is N#CCCC(C(=O)O)C1C2CC3CC(C2)CC1C3. The van der Waals surface area contributed by atoms with E-state index in [2.05, 4.69) is 6.07 Å². The van der Waals surface area contributed by atoms with Gasteiger partial charge >= 0.3 is 5.97 Å². The molecule has 0 radical (unpaired) electrons. The lowest BCUT2D eigenvalue weighted by atomic mass is 9.49. The van der Waals surface area contributed by atoms with Crippen LogP contribution >= 0.6 is 0 Å². The lowest BCUT2D eigenvalue weighted by Gasteiger charge is -2.55. The van der Waals surface area contributed by atoms with Gasteiger partial charge in [-0.3, -0.25) is 4.79 Å². The summed E-state index contributed by atoms with van der Waals surface area (Å²) in [5.41, 5.74) is 0. The highest BCUT2D eigenvalue weighted by atomic mass is 16.4. The molecule has 0 amide bonds. The molecular formula is C15H21NO2. The van der Waals surface area contributed by atoms with E-state index in [0.29, 0.717) is 30.6 Å². The molecule has 0 heterocycles. The van der Waals surface area contributed by atoms with Gasteiger partial charge < -0.3 is 5.11 Å². The van der Waals surface area contributed by atoms with Crippen molar-refractivity contribution in [2.24, 2.45) is 35.5 Å². The zero-order valence-electron chi connectivity index (χ0n) is 10.7. The summed E-state index contributed by atoms with van der Waals surface area (Å²) in [6, 6.07) is 2.11. The predicted octanol–water partition coefficient (Wildman–Crippen LogP) is 3.06. The van der Waals surface area contributed by atoms with Gasteiger partial charge in [-0.1, -0.05) is 0 Å². The van der Waals surface area contributed by atoms with Crippen LogP contribution in [-0.4, -0.2) is 11.1 Å². The minimum absolute atomic E-state index is 0.264. The number of nitriles is 1. The van der Waals surface area contributed by atoms with E-state index in [1.165, 1.54) is 32.1 Å². The van der Waals surface area contributed by atoms with Crippen molar-refractivity contribution >= 4 is 5.97 Å². The maximum absolute atomic E-state index is 11.5. The number of aliphatic carboxylic acids is 1. The van der Waals surface area contributed by atoms with Crippen LogP contribution in [-0.2, 0) is 4.79 Å². The summed E-state index contributed by atoms with van der Waals surface area (Å²) < 4.78 is 0. The van der Waals surface area contributed by atoms with E-state index in [-0.39, 0.29) is 5.92 Å². The van der Waals surface area contributed by atoms with E-state index in [0.717, 1.165) is 11.8 Å². The van der Waals surface area contributed by atoms with Crippen LogP contribution in [0.1, 0.15) is 44.9 Å². The average Bonchev–Trinajstić information content (AvgIpc) is 2.31. The Morgan fingerprint density at radius 1 is 1.17 bits per heavy atom. The lowest BCUT2D eigenvalue weighted by molar-refractivity contribution is -0.151. The topological polar surface area (TPSA) is 61.1 Å². The van der Waals surface area contributed by atoms with Gasteiger partial charge in [0.15, 0.2) is 0 Å². The van der Waals surface area contributed by atoms with Gasteiger partial charge in [-0.15, -0.1) is 0 Å². The number of nitrogens with zero attached hydrogens (tertiary/aromatic N) is 1. The van der Waals surface area contributed by atoms with E-state index in [9.17, 15) is 9.90 Å². The van der Waals surface area contributed by atoms with Crippen molar-refractivity contribution in [2.75, 3.05) is 0 Å². The van der Waals surface area contributed by atoms with Crippen LogP contribution in [0.4, 0.5) is 0 Å². The molecule has 98 valence electrons. The minimum atomic E-state index is -0.664. The Bertz CT molecular complexity index is 356. The van der Waals surface area contributed by atoms with Gasteiger partial charge in [-0.25, -0.2) is 0 Å². The largest absolute Gasteiger partial charge is 0.481 e. The molecule has 4 aliphatic rings. The van der Waals surface area contributed by atoms with Crippen molar-refractivity contribution in [2.45, 2.75) is 44.9 Å². The van der Waals surface area contributed by atoms with Crippen LogP contribution in [0.5, 0.6) is 0 Å². The highest BCUT2D eigenvalue weighted by molar-refractivity contribution is 5.70. The molecule has 0 aliphatic heterocycles. The van der Waals surface area contributed by atoms with Gasteiger partial charge in [0.2, 0.25) is 0 Å². The van der Waals surface area contributed by atoms with Gasteiger partial charge in [0.25, 0.3) is 0 Å². The highest BCUT2D eigenvalue weighted by Gasteiger charge is 2.51. The molecule has 3 heteroatoms. The summed E-state index contributed by atoms with van der Waals surface area (Å²) >= 11 is 0. The molecule has 4 bridgehead atoms. The van der Waals surface area contributed by atoms with E-state index in [1.54, 1.807) is 0 Å². The third kappa shape index (κ3) is 1.92. The number of carboxylic acid groups (broad SMARTS) is 1. The summed E-state index contributed by atoms with van der Waals surface area (Å²) in [6.45, 7) is 0. The minimum Gasteiger partial charge on any atom is -0.481 e. The number of carboxylic acids is 1. The highest BCUT2D eigenvalue weighted by Crippen LogP contribution is 2.58. The van der Waals surface area contributed by atoms with Crippen molar-refractivity contribution in [3.8, 4) is 6.07 Å². The fourth-order valence-electron chi connectivity index (χ4n) is 5.32. The van der Waals surface area contributed by atoms with Crippen molar-refractivity contribution in [3.05, 3.63) is 0 Å². The Morgan fingerprint density at radius 2 is 1.72 bits per heavy atom. The maximum Gasteiger partial charge on any atom is 0.306 e. The summed E-state index contributed by atoms with van der Waals surface area (Å²) in [5.74, 6) is 2.48. The van der Waals surface area contributed by atoms with Crippen LogP contribution in [0.2, 0.25) is 0 Å². The summed E-state index contributed by atoms with van der Waals surface area (Å²) in [6.07, 6.45) is 7.37. The number of carbonyl (C=O) groups is 1. The van der Waals surface area contributed by atoms with E-state index in [4.69, 9.17) is 5.26 Å². The molecule has 0 spiro atoms. The fraction of sp³-hybridized carbons (Fsp3) is 0.867. The second kappa shape index (κ2) is 4.57. The van der Waals surface area contributed by atoms with Gasteiger partial charge in [0.1, 0.15) is 0 Å². The molecule has 1 N–H and O–H groups in total. The molecule has 3 nitrogen and oxygen atoms in total. The lowest BCUT2D eigenvalue weighted by Crippen LogP contribution is -2.49. The number of hydrogen-bond acceptors (Lipinski definition) is 2. The first-order valence-corrected chi connectivity index (χ1v) is 7.28. The van der Waals surface area contributed by atoms with E-state index < -0.39 is 5.97 Å². The molecule has 1 unspecified atom stereocenters. The molecule has 4 fully saturated rings. The Balaban J connectivity index is 1.78. The first-order chi connectivity index (χ1) is 8.69. The molecule has 0 aromatic heterocycles. The number of hydrogen-bond donors (Lipinski definition) is 1. The van der Waals surface area contributed by atoms with Crippen LogP contribution in [0.15, 0.2) is 0 Å². The van der Waals surface area contributed by atoms with Crippen molar-refractivity contribution < 1.29 is 9.90 Å². The van der Waals surface area contributed by atoms with Gasteiger partial charge in [-0.05, 0) is 68.1 Å². The van der Waals surface area contributed by atoms with Crippen LogP contribution in [0.3, 0.4) is 0 Å². The molecule has 4 saturated carbocycles. The van der Waals surface area contributed by atoms with Crippen LogP contribution < -0.4 is 0 Å². The molecule has 18 heavy (non-hydrogen) atoms. The van der Waals surface area contributed by atoms with Crippen LogP contribution in [0.25, 0.3) is 0 Å². The van der Waals surface area contributed by atoms with Crippen LogP contribution in [0, 0.1) is 46.8 Å². The van der Waals surface area contributed by atoms with Gasteiger partial charge in [-0.2, -0.15) is 5.26 Å². The predicted molar refractivity (Wildman–Crippen MR) is 66.5 cm³/mol. The molecule has 0 aromatic carbocycles. The van der Waals surface area contributed by atoms with Gasteiger partial charge in [0, 0.05) is 6.42 Å². The third-order valence-corrected chi connectivity index (χ3v) is 5.65. The van der Waals surface area contributed by atoms with Crippen molar-refractivity contribution in [1.82, 2.24) is 0 Å². The first-order valence-electron chi connectivity index (χ1n) is 7.28. The Kier molecular flexibility index (Phi) is 3.05. The molecule has 4 aliphatic carbocycles. The normalized spacial score (nSPS) is 42.5. The zero-order valence-corrected chi connectivity index (χ0v) is 10.7. The molecule has 4 rings (SSSR count). The zero-order chi connectivity index (χ0) is 12.7. The average molecular weight is 247 g/mol. The third-order valence-electron chi connectivity index (χ3n) is 5.65. The molecule has 1 atom stereocenters. The van der Waals surface area contributed by atoms with Gasteiger partial charge in [0.05, 0.1) is 12.0 Å². The quantitative estimate of drug-likeness (QED) is 0.830. The Labute approximate surface area is 108 Å². The smallest absolute Gasteiger partial charge is 0.306 e. The summed E-state index contributed by atoms with van der Waals surface area (Å²) in [7, 11) is 0. The first kappa shape index (κ1) is 12.0. The molecule has 0 saturated heterocycles. The summed E-state index contributed by atoms with van der Waals surface area (Å²) in [4.78, 5) is 11.5. The fourth-order valence-corrected chi connectivity index (χ4v) is 5.32. The second-order valence-electron chi connectivity index (χ2n) is 6.65. The monoisotopic (exact) mass is 247 g/mol. The van der Waals surface area contributed by atoms with E-state index >= 15 is 0 Å². The van der Waals surface area contributed by atoms with Crippen molar-refractivity contribution in [1.29, 1.82) is 5.26 Å². The summed E-state index contributed by atoms with van der Waals surface area (Å²) in [5, 5.41) is 18.2. The van der Waals surface area contributed by atoms with Crippen molar-refractivity contribution in [3.63, 3.8) is 0 Å². The molecular weight excluding hydrogens is 226 g/mol. The maximum atomic E-state index is 11.5. The van der Waals surface area contributed by atoms with E-state index in [1.807, 2.05) is 0 Å². The Morgan fingerprint density at radius 3 is 2.17 bits per heavy atom. The number of rotatable bonds is 4. The standard InChI is InChI=1S/C15H21NO2/c16-3-1-2-13(15(17)18)14-11-5-9-4-10(7-11)8-12(14)6-9/h9-14H,1-2,4-8H2,(H,17,18). The Hall–Kier alpha value is -1.04.